The highest BCUT2D eigenvalue weighted by Crippen LogP contribution is 2.16. The summed E-state index contributed by atoms with van der Waals surface area (Å²) in [5, 5.41) is 0. The Hall–Kier alpha value is -1.16. The monoisotopic (exact) mass is 261 g/mol. The molecule has 0 bridgehead atoms. The van der Waals surface area contributed by atoms with E-state index in [1.54, 1.807) is 11.3 Å². The molecule has 0 radical (unpaired) electrons. The molecule has 96 valence electrons. The van der Waals surface area contributed by atoms with Crippen molar-refractivity contribution < 1.29 is 4.74 Å². The quantitative estimate of drug-likeness (QED) is 0.776. The number of thiophene rings is 1. The van der Waals surface area contributed by atoms with Crippen LogP contribution in [0, 0.1) is 0 Å². The van der Waals surface area contributed by atoms with Gasteiger partial charge in [0.05, 0.1) is 6.61 Å². The maximum Gasteiger partial charge on any atom is 0.0809 e. The lowest BCUT2D eigenvalue weighted by atomic mass is 10.1. The van der Waals surface area contributed by atoms with Crippen LogP contribution in [-0.4, -0.2) is 6.61 Å². The zero-order chi connectivity index (χ0) is 12.6. The van der Waals surface area contributed by atoms with Crippen LogP contribution in [0.1, 0.15) is 21.7 Å². The third-order valence-electron chi connectivity index (χ3n) is 2.76. The van der Waals surface area contributed by atoms with Crippen molar-refractivity contribution in [3.63, 3.8) is 0 Å². The van der Waals surface area contributed by atoms with Gasteiger partial charge in [0, 0.05) is 22.9 Å². The number of ether oxygens (including phenoxy) is 1. The van der Waals surface area contributed by atoms with Crippen LogP contribution in [0.25, 0.3) is 0 Å². The molecular weight excluding hydrogens is 242 g/mol. The summed E-state index contributed by atoms with van der Waals surface area (Å²) in [5.41, 5.74) is 6.95. The zero-order valence-electron chi connectivity index (χ0n) is 10.5. The van der Waals surface area contributed by atoms with Crippen LogP contribution in [0.4, 0.5) is 0 Å². The number of hydrogen-bond donors (Lipinski definition) is 1. The Labute approximate surface area is 112 Å². The first-order valence-corrected chi connectivity index (χ1v) is 7.09. The van der Waals surface area contributed by atoms with Gasteiger partial charge in [0.2, 0.25) is 0 Å². The summed E-state index contributed by atoms with van der Waals surface area (Å²) >= 11 is 1.74. The predicted molar refractivity (Wildman–Crippen MR) is 76.6 cm³/mol. The van der Waals surface area contributed by atoms with Crippen molar-refractivity contribution in [3.05, 3.63) is 57.8 Å². The van der Waals surface area contributed by atoms with Crippen LogP contribution < -0.4 is 5.73 Å². The lowest BCUT2D eigenvalue weighted by molar-refractivity contribution is 0.121. The summed E-state index contributed by atoms with van der Waals surface area (Å²) in [5.74, 6) is 0. The molecule has 3 heteroatoms. The van der Waals surface area contributed by atoms with Crippen LogP contribution in [0.15, 0.2) is 42.5 Å². The van der Waals surface area contributed by atoms with E-state index >= 15 is 0 Å². The first-order chi connectivity index (χ1) is 8.88. The molecule has 18 heavy (non-hydrogen) atoms. The van der Waals surface area contributed by atoms with E-state index in [0.717, 1.165) is 19.4 Å². The Morgan fingerprint density at radius 1 is 1.00 bits per heavy atom. The third-order valence-corrected chi connectivity index (χ3v) is 3.84. The molecule has 1 heterocycles. The number of benzene rings is 1. The van der Waals surface area contributed by atoms with Crippen molar-refractivity contribution in [1.29, 1.82) is 0 Å². The van der Waals surface area contributed by atoms with E-state index in [-0.39, 0.29) is 0 Å². The molecule has 2 rings (SSSR count). The maximum absolute atomic E-state index is 5.67. The number of hydrogen-bond acceptors (Lipinski definition) is 3. The van der Waals surface area contributed by atoms with Crippen molar-refractivity contribution in [2.24, 2.45) is 5.73 Å². The SMILES string of the molecule is NCc1ccc(COCCCc2ccccc2)s1. The number of nitrogens with two attached hydrogens (primary N) is 1. The lowest BCUT2D eigenvalue weighted by Crippen LogP contribution is -1.96. The van der Waals surface area contributed by atoms with Crippen molar-refractivity contribution in [3.8, 4) is 0 Å². The summed E-state index contributed by atoms with van der Waals surface area (Å²) in [7, 11) is 0. The normalized spacial score (nSPS) is 10.7. The van der Waals surface area contributed by atoms with E-state index < -0.39 is 0 Å². The molecule has 0 unspecified atom stereocenters. The van der Waals surface area contributed by atoms with Gasteiger partial charge in [0.15, 0.2) is 0 Å². The van der Waals surface area contributed by atoms with Crippen LogP contribution in [0.3, 0.4) is 0 Å². The Morgan fingerprint density at radius 2 is 1.78 bits per heavy atom. The Bertz CT molecular complexity index is 453. The van der Waals surface area contributed by atoms with E-state index in [2.05, 4.69) is 36.4 Å². The van der Waals surface area contributed by atoms with E-state index in [9.17, 15) is 0 Å². The fourth-order valence-corrected chi connectivity index (χ4v) is 2.64. The smallest absolute Gasteiger partial charge is 0.0809 e. The molecular formula is C15H19NOS. The summed E-state index contributed by atoms with van der Waals surface area (Å²) < 4.78 is 5.67. The predicted octanol–water partition coefficient (Wildman–Crippen LogP) is 3.36. The van der Waals surface area contributed by atoms with Crippen molar-refractivity contribution >= 4 is 11.3 Å². The largest absolute Gasteiger partial charge is 0.376 e. The Kier molecular flexibility index (Phi) is 5.39. The fraction of sp³-hybridized carbons (Fsp3) is 0.333. The second-order valence-electron chi connectivity index (χ2n) is 4.21. The molecule has 1 aromatic carbocycles. The summed E-state index contributed by atoms with van der Waals surface area (Å²) in [4.78, 5) is 2.48. The highest BCUT2D eigenvalue weighted by Gasteiger charge is 1.99. The molecule has 2 aromatic rings. The van der Waals surface area contributed by atoms with Gasteiger partial charge in [-0.05, 0) is 30.5 Å². The summed E-state index contributed by atoms with van der Waals surface area (Å²) in [6.45, 7) is 2.14. The van der Waals surface area contributed by atoms with Crippen LogP contribution in [-0.2, 0) is 24.3 Å². The fourth-order valence-electron chi connectivity index (χ4n) is 1.81. The van der Waals surface area contributed by atoms with Gasteiger partial charge >= 0.3 is 0 Å². The minimum Gasteiger partial charge on any atom is -0.376 e. The van der Waals surface area contributed by atoms with Crippen LogP contribution >= 0.6 is 11.3 Å². The summed E-state index contributed by atoms with van der Waals surface area (Å²) in [6, 6.07) is 14.7. The van der Waals surface area contributed by atoms with Gasteiger partial charge in [0.1, 0.15) is 0 Å². The second kappa shape index (κ2) is 7.31. The average molecular weight is 261 g/mol. The molecule has 0 aliphatic rings. The molecule has 0 atom stereocenters. The van der Waals surface area contributed by atoms with Gasteiger partial charge in [-0.15, -0.1) is 11.3 Å². The second-order valence-corrected chi connectivity index (χ2v) is 5.47. The molecule has 2 N–H and O–H groups in total. The van der Waals surface area contributed by atoms with Gasteiger partial charge < -0.3 is 10.5 Å². The first-order valence-electron chi connectivity index (χ1n) is 6.28. The van der Waals surface area contributed by atoms with Crippen LogP contribution in [0.2, 0.25) is 0 Å². The van der Waals surface area contributed by atoms with Crippen molar-refractivity contribution in [1.82, 2.24) is 0 Å². The van der Waals surface area contributed by atoms with E-state index in [1.807, 2.05) is 6.07 Å². The van der Waals surface area contributed by atoms with Gasteiger partial charge in [-0.1, -0.05) is 30.3 Å². The molecule has 0 aliphatic heterocycles. The molecule has 1 aromatic heterocycles. The van der Waals surface area contributed by atoms with Gasteiger partial charge in [-0.3, -0.25) is 0 Å². The average Bonchev–Trinajstić information content (AvgIpc) is 2.87. The minimum absolute atomic E-state index is 0.624. The third kappa shape index (κ3) is 4.26. The topological polar surface area (TPSA) is 35.2 Å². The molecule has 0 fully saturated rings. The van der Waals surface area contributed by atoms with Crippen molar-refractivity contribution in [2.45, 2.75) is 26.0 Å². The molecule has 0 amide bonds. The van der Waals surface area contributed by atoms with Gasteiger partial charge in [-0.25, -0.2) is 0 Å². The van der Waals surface area contributed by atoms with Gasteiger partial charge in [0.25, 0.3) is 0 Å². The molecule has 0 saturated carbocycles. The summed E-state index contributed by atoms with van der Waals surface area (Å²) in [6.07, 6.45) is 2.15. The Balaban J connectivity index is 1.61. The maximum atomic E-state index is 5.67. The standard InChI is InChI=1S/C15H19NOS/c16-11-14-8-9-15(18-14)12-17-10-4-7-13-5-2-1-3-6-13/h1-3,5-6,8-9H,4,7,10-12,16H2. The highest BCUT2D eigenvalue weighted by molar-refractivity contribution is 7.11. The zero-order valence-corrected chi connectivity index (χ0v) is 11.3. The number of rotatable bonds is 7. The molecule has 0 spiro atoms. The highest BCUT2D eigenvalue weighted by atomic mass is 32.1. The van der Waals surface area contributed by atoms with Crippen LogP contribution in [0.5, 0.6) is 0 Å². The molecule has 0 saturated heterocycles. The number of aryl methyl sites for hydroxylation is 1. The molecule has 2 nitrogen and oxygen atoms in total. The lowest BCUT2D eigenvalue weighted by Gasteiger charge is -2.03. The first kappa shape index (κ1) is 13.3. The van der Waals surface area contributed by atoms with E-state index in [1.165, 1.54) is 15.3 Å². The minimum atomic E-state index is 0.624. The van der Waals surface area contributed by atoms with E-state index in [4.69, 9.17) is 10.5 Å². The van der Waals surface area contributed by atoms with E-state index in [0.29, 0.717) is 13.2 Å². The van der Waals surface area contributed by atoms with Crippen molar-refractivity contribution in [2.75, 3.05) is 6.61 Å². The van der Waals surface area contributed by atoms with Gasteiger partial charge in [-0.2, -0.15) is 0 Å². The molecule has 0 aliphatic carbocycles. The Morgan fingerprint density at radius 3 is 2.50 bits per heavy atom.